The first kappa shape index (κ1) is 19.4. The number of amides is 1. The highest BCUT2D eigenvalue weighted by Crippen LogP contribution is 2.30. The summed E-state index contributed by atoms with van der Waals surface area (Å²) in [5.41, 5.74) is 2.60. The quantitative estimate of drug-likeness (QED) is 0.638. The molecule has 3 aromatic rings. The van der Waals surface area contributed by atoms with Gasteiger partial charge in [0.2, 0.25) is 5.95 Å². The number of carbonyl (C=O) groups is 1. The summed E-state index contributed by atoms with van der Waals surface area (Å²) in [6.45, 7) is 1.89. The minimum Gasteiger partial charge on any atom is -0.493 e. The topological polar surface area (TPSA) is 85.4 Å². The van der Waals surface area contributed by atoms with Crippen LogP contribution in [0.15, 0.2) is 48.8 Å². The van der Waals surface area contributed by atoms with Gasteiger partial charge in [0.25, 0.3) is 5.91 Å². The van der Waals surface area contributed by atoms with Crippen molar-refractivity contribution in [2.24, 2.45) is 0 Å². The third kappa shape index (κ3) is 4.50. The molecule has 0 saturated carbocycles. The Morgan fingerprint density at radius 2 is 1.64 bits per heavy atom. The van der Waals surface area contributed by atoms with Gasteiger partial charge in [-0.25, -0.2) is 9.97 Å². The Morgan fingerprint density at radius 3 is 2.29 bits per heavy atom. The van der Waals surface area contributed by atoms with Gasteiger partial charge in [-0.15, -0.1) is 0 Å². The van der Waals surface area contributed by atoms with Gasteiger partial charge in [-0.1, -0.05) is 17.7 Å². The Labute approximate surface area is 167 Å². The van der Waals surface area contributed by atoms with E-state index in [0.29, 0.717) is 33.7 Å². The first-order valence-electron chi connectivity index (χ1n) is 8.38. The summed E-state index contributed by atoms with van der Waals surface area (Å²) in [7, 11) is 3.13. The Morgan fingerprint density at radius 1 is 0.964 bits per heavy atom. The Balaban J connectivity index is 1.69. The van der Waals surface area contributed by atoms with Gasteiger partial charge < -0.3 is 20.1 Å². The molecule has 0 atom stereocenters. The molecule has 7 nitrogen and oxygen atoms in total. The van der Waals surface area contributed by atoms with E-state index >= 15 is 0 Å². The number of carbonyl (C=O) groups excluding carboxylic acids is 1. The van der Waals surface area contributed by atoms with Crippen LogP contribution in [0.1, 0.15) is 15.9 Å². The maximum atomic E-state index is 12.3. The summed E-state index contributed by atoms with van der Waals surface area (Å²) in [5.74, 6) is 1.23. The zero-order chi connectivity index (χ0) is 20.1. The molecule has 1 amide bonds. The first-order valence-corrected chi connectivity index (χ1v) is 8.76. The van der Waals surface area contributed by atoms with Crippen LogP contribution < -0.4 is 20.1 Å². The van der Waals surface area contributed by atoms with Crippen molar-refractivity contribution in [2.75, 3.05) is 24.9 Å². The average molecular weight is 399 g/mol. The Hall–Kier alpha value is -3.32. The number of hydrogen-bond acceptors (Lipinski definition) is 6. The van der Waals surface area contributed by atoms with Crippen molar-refractivity contribution >= 4 is 34.8 Å². The lowest BCUT2D eigenvalue weighted by atomic mass is 10.2. The number of ether oxygens (including phenoxy) is 2. The number of benzene rings is 2. The molecule has 1 heterocycles. The summed E-state index contributed by atoms with van der Waals surface area (Å²) in [4.78, 5) is 20.7. The third-order valence-electron chi connectivity index (χ3n) is 3.98. The lowest BCUT2D eigenvalue weighted by Crippen LogP contribution is -2.13. The fourth-order valence-electron chi connectivity index (χ4n) is 2.43. The molecule has 0 aliphatic heterocycles. The molecule has 0 aliphatic rings. The van der Waals surface area contributed by atoms with Gasteiger partial charge in [0.1, 0.15) is 0 Å². The molecular weight excluding hydrogens is 380 g/mol. The molecule has 2 N–H and O–H groups in total. The van der Waals surface area contributed by atoms with Crippen LogP contribution in [0.2, 0.25) is 5.02 Å². The van der Waals surface area contributed by atoms with E-state index in [1.54, 1.807) is 38.5 Å². The van der Waals surface area contributed by atoms with Crippen LogP contribution in [-0.4, -0.2) is 30.1 Å². The van der Waals surface area contributed by atoms with Gasteiger partial charge in [0.05, 0.1) is 19.8 Å². The van der Waals surface area contributed by atoms with Crippen molar-refractivity contribution < 1.29 is 14.3 Å². The van der Waals surface area contributed by atoms with E-state index < -0.39 is 0 Å². The molecule has 0 fully saturated rings. The average Bonchev–Trinajstić information content (AvgIpc) is 2.71. The van der Waals surface area contributed by atoms with Gasteiger partial charge in [-0.3, -0.25) is 4.79 Å². The predicted octanol–water partition coefficient (Wildman–Crippen LogP) is 4.45. The Kier molecular flexibility index (Phi) is 5.96. The van der Waals surface area contributed by atoms with Crippen molar-refractivity contribution in [3.8, 4) is 11.5 Å². The molecule has 0 spiro atoms. The maximum Gasteiger partial charge on any atom is 0.258 e. The standard InChI is InChI=1S/C20H19ClN4O3/c1-12-4-5-14(8-16(12)21)24-19(26)13-10-22-20(23-11-13)25-15-6-7-17(27-2)18(9-15)28-3/h4-11H,1-3H3,(H,24,26)(H,22,23,25). The molecule has 1 aromatic heterocycles. The fraction of sp³-hybridized carbons (Fsp3) is 0.150. The van der Waals surface area contributed by atoms with E-state index in [9.17, 15) is 4.79 Å². The van der Waals surface area contributed by atoms with Crippen LogP contribution in [-0.2, 0) is 0 Å². The molecule has 3 rings (SSSR count). The molecular formula is C20H19ClN4O3. The normalized spacial score (nSPS) is 10.3. The minimum absolute atomic E-state index is 0.322. The second kappa shape index (κ2) is 8.58. The molecule has 0 bridgehead atoms. The number of aromatic nitrogens is 2. The van der Waals surface area contributed by atoms with E-state index in [-0.39, 0.29) is 5.91 Å². The molecule has 0 radical (unpaired) electrons. The number of methoxy groups -OCH3 is 2. The maximum absolute atomic E-state index is 12.3. The molecule has 144 valence electrons. The highest BCUT2D eigenvalue weighted by atomic mass is 35.5. The number of hydrogen-bond donors (Lipinski definition) is 2. The largest absolute Gasteiger partial charge is 0.493 e. The van der Waals surface area contributed by atoms with Crippen molar-refractivity contribution in [3.63, 3.8) is 0 Å². The molecule has 28 heavy (non-hydrogen) atoms. The van der Waals surface area contributed by atoms with Gasteiger partial charge in [0.15, 0.2) is 11.5 Å². The van der Waals surface area contributed by atoms with E-state index in [1.165, 1.54) is 12.4 Å². The number of halogens is 1. The van der Waals surface area contributed by atoms with Gasteiger partial charge >= 0.3 is 0 Å². The lowest BCUT2D eigenvalue weighted by Gasteiger charge is -2.10. The molecule has 0 unspecified atom stereocenters. The summed E-state index contributed by atoms with van der Waals surface area (Å²) in [6.07, 6.45) is 2.89. The van der Waals surface area contributed by atoms with E-state index in [4.69, 9.17) is 21.1 Å². The first-order chi connectivity index (χ1) is 13.5. The van der Waals surface area contributed by atoms with Gasteiger partial charge in [-0.2, -0.15) is 0 Å². The van der Waals surface area contributed by atoms with Crippen LogP contribution in [0.25, 0.3) is 0 Å². The number of rotatable bonds is 6. The fourth-order valence-corrected chi connectivity index (χ4v) is 2.61. The smallest absolute Gasteiger partial charge is 0.258 e. The van der Waals surface area contributed by atoms with Gasteiger partial charge in [-0.05, 0) is 36.8 Å². The second-order valence-electron chi connectivity index (χ2n) is 5.91. The minimum atomic E-state index is -0.322. The number of nitrogens with one attached hydrogen (secondary N) is 2. The lowest BCUT2D eigenvalue weighted by molar-refractivity contribution is 0.102. The summed E-state index contributed by atoms with van der Waals surface area (Å²) in [5, 5.41) is 6.41. The van der Waals surface area contributed by atoms with Crippen molar-refractivity contribution in [2.45, 2.75) is 6.92 Å². The highest BCUT2D eigenvalue weighted by molar-refractivity contribution is 6.31. The molecule has 0 aliphatic carbocycles. The number of aryl methyl sites for hydroxylation is 1. The summed E-state index contributed by atoms with van der Waals surface area (Å²) in [6, 6.07) is 10.7. The van der Waals surface area contributed by atoms with Crippen molar-refractivity contribution in [1.82, 2.24) is 9.97 Å². The van der Waals surface area contributed by atoms with Crippen molar-refractivity contribution in [1.29, 1.82) is 0 Å². The third-order valence-corrected chi connectivity index (χ3v) is 4.39. The van der Waals surface area contributed by atoms with Crippen LogP contribution in [0.3, 0.4) is 0 Å². The van der Waals surface area contributed by atoms with E-state index in [1.807, 2.05) is 19.1 Å². The van der Waals surface area contributed by atoms with Crippen molar-refractivity contribution in [3.05, 3.63) is 64.9 Å². The SMILES string of the molecule is COc1ccc(Nc2ncc(C(=O)Nc3ccc(C)c(Cl)c3)cn2)cc1OC. The van der Waals surface area contributed by atoms with E-state index in [0.717, 1.165) is 11.3 Å². The van der Waals surface area contributed by atoms with Crippen LogP contribution in [0.4, 0.5) is 17.3 Å². The monoisotopic (exact) mass is 398 g/mol. The summed E-state index contributed by atoms with van der Waals surface area (Å²) < 4.78 is 10.5. The van der Waals surface area contributed by atoms with Crippen LogP contribution in [0.5, 0.6) is 11.5 Å². The summed E-state index contributed by atoms with van der Waals surface area (Å²) >= 11 is 6.08. The molecule has 2 aromatic carbocycles. The Bertz CT molecular complexity index is 993. The second-order valence-corrected chi connectivity index (χ2v) is 6.32. The molecule has 8 heteroatoms. The predicted molar refractivity (Wildman–Crippen MR) is 109 cm³/mol. The van der Waals surface area contributed by atoms with Crippen LogP contribution in [0, 0.1) is 6.92 Å². The molecule has 0 saturated heterocycles. The van der Waals surface area contributed by atoms with Gasteiger partial charge in [0, 0.05) is 34.9 Å². The zero-order valence-electron chi connectivity index (χ0n) is 15.6. The highest BCUT2D eigenvalue weighted by Gasteiger charge is 2.10. The van der Waals surface area contributed by atoms with Crippen LogP contribution >= 0.6 is 11.6 Å². The number of nitrogens with zero attached hydrogens (tertiary/aromatic N) is 2. The number of anilines is 3. The van der Waals surface area contributed by atoms with E-state index in [2.05, 4.69) is 20.6 Å². The zero-order valence-corrected chi connectivity index (χ0v) is 16.4.